The summed E-state index contributed by atoms with van der Waals surface area (Å²) in [5, 5.41) is 10.5. The number of aliphatic hydroxyl groups is 1. The molecule has 1 atom stereocenters. The van der Waals surface area contributed by atoms with E-state index in [0.29, 0.717) is 5.75 Å². The second-order valence-electron chi connectivity index (χ2n) is 8.83. The van der Waals surface area contributed by atoms with Gasteiger partial charge in [0.25, 0.3) is 0 Å². The van der Waals surface area contributed by atoms with E-state index in [4.69, 9.17) is 9.47 Å². The van der Waals surface area contributed by atoms with Crippen molar-refractivity contribution in [3.63, 3.8) is 0 Å². The molecule has 172 valence electrons. The second kappa shape index (κ2) is 10.1. The number of benzene rings is 3. The minimum absolute atomic E-state index is 0.00457. The Hall–Kier alpha value is -3.31. The van der Waals surface area contributed by atoms with Crippen LogP contribution in [0.2, 0.25) is 0 Å². The van der Waals surface area contributed by atoms with Crippen molar-refractivity contribution in [2.45, 2.75) is 38.8 Å². The number of hydrogen-bond acceptors (Lipinski definition) is 4. The summed E-state index contributed by atoms with van der Waals surface area (Å²) in [5.74, 6) is 0.705. The average Bonchev–Trinajstić information content (AvgIpc) is 3.13. The van der Waals surface area contributed by atoms with E-state index in [9.17, 15) is 9.90 Å². The van der Waals surface area contributed by atoms with Gasteiger partial charge in [-0.25, -0.2) is 4.79 Å². The van der Waals surface area contributed by atoms with Crippen LogP contribution in [0.15, 0.2) is 72.8 Å². The third-order valence-electron chi connectivity index (χ3n) is 6.03. The highest BCUT2D eigenvalue weighted by atomic mass is 16.6. The largest absolute Gasteiger partial charge is 0.491 e. The quantitative estimate of drug-likeness (QED) is 0.505. The lowest BCUT2D eigenvalue weighted by Gasteiger charge is -2.29. The highest BCUT2D eigenvalue weighted by Crippen LogP contribution is 2.44. The van der Waals surface area contributed by atoms with Gasteiger partial charge in [-0.1, -0.05) is 60.7 Å². The van der Waals surface area contributed by atoms with E-state index in [0.717, 1.165) is 5.56 Å². The Morgan fingerprint density at radius 1 is 0.970 bits per heavy atom. The molecule has 0 saturated carbocycles. The highest BCUT2D eigenvalue weighted by molar-refractivity contribution is 5.79. The van der Waals surface area contributed by atoms with Gasteiger partial charge in [0, 0.05) is 12.0 Å². The van der Waals surface area contributed by atoms with E-state index < -0.39 is 12.2 Å². The summed E-state index contributed by atoms with van der Waals surface area (Å²) < 4.78 is 11.5. The van der Waals surface area contributed by atoms with Crippen LogP contribution in [0.4, 0.5) is 4.79 Å². The molecule has 5 nitrogen and oxygen atoms in total. The summed E-state index contributed by atoms with van der Waals surface area (Å²) >= 11 is 0. The molecule has 0 aliphatic heterocycles. The van der Waals surface area contributed by atoms with E-state index in [1.165, 1.54) is 22.3 Å². The molecule has 0 spiro atoms. The molecule has 0 fully saturated rings. The van der Waals surface area contributed by atoms with Gasteiger partial charge in [0.1, 0.15) is 25.1 Å². The number of nitrogens with zero attached hydrogens (tertiary/aromatic N) is 1. The monoisotopic (exact) mass is 445 g/mol. The molecule has 5 heteroatoms. The standard InChI is InChI=1S/C28H31NO4/c1-19(2)29(16-21(30)17-32-22-10-8-9-20(3)15-22)28(31)33-18-27-25-13-6-4-11-23(25)24-12-5-7-14-26(24)27/h4-15,19,21,27,30H,16-18H2,1-3H3. The van der Waals surface area contributed by atoms with E-state index in [-0.39, 0.29) is 31.7 Å². The van der Waals surface area contributed by atoms with Crippen LogP contribution in [0.25, 0.3) is 11.1 Å². The zero-order valence-electron chi connectivity index (χ0n) is 19.4. The van der Waals surface area contributed by atoms with Crippen LogP contribution in [0, 0.1) is 6.92 Å². The second-order valence-corrected chi connectivity index (χ2v) is 8.83. The predicted octanol–water partition coefficient (Wildman–Crippen LogP) is 5.39. The molecule has 1 unspecified atom stereocenters. The van der Waals surface area contributed by atoms with Crippen molar-refractivity contribution in [2.24, 2.45) is 0 Å². The molecule has 3 aromatic carbocycles. The number of fused-ring (bicyclic) bond motifs is 3. The Balaban J connectivity index is 1.38. The maximum absolute atomic E-state index is 13.0. The van der Waals surface area contributed by atoms with Crippen LogP contribution in [-0.4, -0.2) is 48.0 Å². The number of ether oxygens (including phenoxy) is 2. The van der Waals surface area contributed by atoms with E-state index in [2.05, 4.69) is 24.3 Å². The molecular weight excluding hydrogens is 414 g/mol. The van der Waals surface area contributed by atoms with Gasteiger partial charge >= 0.3 is 6.09 Å². The number of rotatable bonds is 8. The summed E-state index contributed by atoms with van der Waals surface area (Å²) in [6.07, 6.45) is -1.25. The average molecular weight is 446 g/mol. The molecule has 0 saturated heterocycles. The molecule has 1 aliphatic carbocycles. The first kappa shape index (κ1) is 22.9. The number of amides is 1. The Morgan fingerprint density at radius 3 is 2.21 bits per heavy atom. The molecule has 1 N–H and O–H groups in total. The molecule has 33 heavy (non-hydrogen) atoms. The summed E-state index contributed by atoms with van der Waals surface area (Å²) in [4.78, 5) is 14.5. The van der Waals surface area contributed by atoms with Gasteiger partial charge in [-0.3, -0.25) is 0 Å². The maximum atomic E-state index is 13.0. The summed E-state index contributed by atoms with van der Waals surface area (Å²) in [6.45, 7) is 6.31. The van der Waals surface area contributed by atoms with E-state index in [1.807, 2.05) is 69.3 Å². The normalized spacial score (nSPS) is 13.4. The number of aliphatic hydroxyl groups excluding tert-OH is 1. The van der Waals surface area contributed by atoms with Crippen LogP contribution in [0.5, 0.6) is 5.75 Å². The topological polar surface area (TPSA) is 59.0 Å². The van der Waals surface area contributed by atoms with Gasteiger partial charge < -0.3 is 19.5 Å². The smallest absolute Gasteiger partial charge is 0.410 e. The molecular formula is C28H31NO4. The zero-order valence-corrected chi connectivity index (χ0v) is 19.4. The lowest BCUT2D eigenvalue weighted by atomic mass is 9.98. The first-order chi connectivity index (χ1) is 15.9. The first-order valence-corrected chi connectivity index (χ1v) is 11.4. The van der Waals surface area contributed by atoms with Crippen LogP contribution < -0.4 is 4.74 Å². The summed E-state index contributed by atoms with van der Waals surface area (Å²) in [7, 11) is 0. The van der Waals surface area contributed by atoms with Gasteiger partial charge in [-0.15, -0.1) is 0 Å². The zero-order chi connectivity index (χ0) is 23.4. The van der Waals surface area contributed by atoms with E-state index in [1.54, 1.807) is 4.90 Å². The first-order valence-electron chi connectivity index (χ1n) is 11.4. The fourth-order valence-electron chi connectivity index (χ4n) is 4.35. The van der Waals surface area contributed by atoms with Crippen molar-refractivity contribution in [3.05, 3.63) is 89.5 Å². The third kappa shape index (κ3) is 5.20. The Morgan fingerprint density at radius 2 is 1.61 bits per heavy atom. The Kier molecular flexibility index (Phi) is 6.99. The predicted molar refractivity (Wildman–Crippen MR) is 130 cm³/mol. The Labute approximate surface area is 195 Å². The summed E-state index contributed by atoms with van der Waals surface area (Å²) in [6, 6.07) is 24.1. The minimum atomic E-state index is -0.826. The number of aryl methyl sites for hydroxylation is 1. The van der Waals surface area contributed by atoms with Crippen molar-refractivity contribution < 1.29 is 19.4 Å². The minimum Gasteiger partial charge on any atom is -0.491 e. The van der Waals surface area contributed by atoms with Crippen LogP contribution in [-0.2, 0) is 4.74 Å². The fraction of sp³-hybridized carbons (Fsp3) is 0.321. The number of carbonyl (C=O) groups excluding carboxylic acids is 1. The maximum Gasteiger partial charge on any atom is 0.410 e. The molecule has 3 aromatic rings. The van der Waals surface area contributed by atoms with Crippen molar-refractivity contribution in [1.29, 1.82) is 0 Å². The molecule has 0 bridgehead atoms. The van der Waals surface area contributed by atoms with Crippen LogP contribution >= 0.6 is 0 Å². The number of carbonyl (C=O) groups is 1. The van der Waals surface area contributed by atoms with Crippen molar-refractivity contribution >= 4 is 6.09 Å². The molecule has 1 aliphatic rings. The van der Waals surface area contributed by atoms with Gasteiger partial charge in [-0.05, 0) is 60.7 Å². The molecule has 0 heterocycles. The third-order valence-corrected chi connectivity index (χ3v) is 6.03. The van der Waals surface area contributed by atoms with Crippen LogP contribution in [0.3, 0.4) is 0 Å². The fourth-order valence-corrected chi connectivity index (χ4v) is 4.35. The lowest BCUT2D eigenvalue weighted by Crippen LogP contribution is -2.44. The van der Waals surface area contributed by atoms with Gasteiger partial charge in [0.15, 0.2) is 0 Å². The molecule has 1 amide bonds. The van der Waals surface area contributed by atoms with Crippen molar-refractivity contribution in [2.75, 3.05) is 19.8 Å². The van der Waals surface area contributed by atoms with Crippen molar-refractivity contribution in [3.8, 4) is 16.9 Å². The van der Waals surface area contributed by atoms with Crippen molar-refractivity contribution in [1.82, 2.24) is 4.90 Å². The van der Waals surface area contributed by atoms with Gasteiger partial charge in [0.05, 0.1) is 6.54 Å². The van der Waals surface area contributed by atoms with Gasteiger partial charge in [0.2, 0.25) is 0 Å². The van der Waals surface area contributed by atoms with Crippen LogP contribution in [0.1, 0.15) is 36.5 Å². The van der Waals surface area contributed by atoms with E-state index >= 15 is 0 Å². The SMILES string of the molecule is Cc1cccc(OCC(O)CN(C(=O)OCC2c3ccccc3-c3ccccc32)C(C)C)c1. The molecule has 0 radical (unpaired) electrons. The highest BCUT2D eigenvalue weighted by Gasteiger charge is 2.30. The lowest BCUT2D eigenvalue weighted by molar-refractivity contribution is 0.0418. The molecule has 4 rings (SSSR count). The summed E-state index contributed by atoms with van der Waals surface area (Å²) in [5.41, 5.74) is 5.82. The number of hydrogen-bond donors (Lipinski definition) is 1. The Bertz CT molecular complexity index is 1060. The van der Waals surface area contributed by atoms with Gasteiger partial charge in [-0.2, -0.15) is 0 Å². The molecule has 0 aromatic heterocycles.